The third-order valence-corrected chi connectivity index (χ3v) is 6.58. The molecule has 8 nitrogen and oxygen atoms in total. The van der Waals surface area contributed by atoms with E-state index in [1.807, 2.05) is 84.0 Å². The number of piperidine rings is 1. The number of nitrogens with zero attached hydrogens (tertiary/aromatic N) is 6. The fourth-order valence-corrected chi connectivity index (χ4v) is 4.71. The number of aromatic nitrogens is 4. The molecule has 8 heteroatoms. The summed E-state index contributed by atoms with van der Waals surface area (Å²) >= 11 is 0. The molecule has 1 amide bonds. The summed E-state index contributed by atoms with van der Waals surface area (Å²) in [6.45, 7) is 6.96. The molecule has 1 atom stereocenters. The van der Waals surface area contributed by atoms with Crippen LogP contribution in [0.3, 0.4) is 0 Å². The van der Waals surface area contributed by atoms with Crippen LogP contribution in [0.15, 0.2) is 67.0 Å². The maximum atomic E-state index is 13.1. The average molecular weight is 470 g/mol. The van der Waals surface area contributed by atoms with E-state index in [1.165, 1.54) is 0 Å². The molecule has 1 unspecified atom stereocenters. The molecule has 4 aromatic rings. The predicted molar refractivity (Wildman–Crippen MR) is 139 cm³/mol. The molecule has 2 aromatic heterocycles. The molecule has 1 N–H and O–H groups in total. The monoisotopic (exact) mass is 469 g/mol. The molecule has 35 heavy (non-hydrogen) atoms. The molecule has 0 radical (unpaired) electrons. The first kappa shape index (κ1) is 22.8. The summed E-state index contributed by atoms with van der Waals surface area (Å²) in [4.78, 5) is 31.7. The summed E-state index contributed by atoms with van der Waals surface area (Å²) < 4.78 is 1.99. The number of fused-ring (bicyclic) bond motifs is 1. The highest BCUT2D eigenvalue weighted by Gasteiger charge is 2.30. The predicted octanol–water partition coefficient (Wildman–Crippen LogP) is 4.64. The van der Waals surface area contributed by atoms with Gasteiger partial charge in [0.15, 0.2) is 17.0 Å². The van der Waals surface area contributed by atoms with Crippen molar-refractivity contribution in [3.05, 3.63) is 67.0 Å². The van der Waals surface area contributed by atoms with Gasteiger partial charge in [0.1, 0.15) is 6.33 Å². The van der Waals surface area contributed by atoms with Crippen molar-refractivity contribution in [2.75, 3.05) is 36.4 Å². The molecule has 1 fully saturated rings. The number of para-hydroxylation sites is 2. The average Bonchev–Trinajstić information content (AvgIpc) is 3.35. The Bertz CT molecular complexity index is 1290. The maximum absolute atomic E-state index is 13.1. The summed E-state index contributed by atoms with van der Waals surface area (Å²) in [5.74, 6) is 1.44. The van der Waals surface area contributed by atoms with Crippen molar-refractivity contribution in [2.24, 2.45) is 5.92 Å². The highest BCUT2D eigenvalue weighted by atomic mass is 16.2. The number of anilines is 3. The Morgan fingerprint density at radius 1 is 1.03 bits per heavy atom. The first-order chi connectivity index (χ1) is 17.2. The Morgan fingerprint density at radius 3 is 2.46 bits per heavy atom. The molecule has 1 saturated heterocycles. The number of carbonyl (C=O) groups excluding carboxylic acids is 1. The minimum atomic E-state index is -0.0486. The molecule has 0 aliphatic carbocycles. The van der Waals surface area contributed by atoms with E-state index in [0.29, 0.717) is 23.8 Å². The van der Waals surface area contributed by atoms with Gasteiger partial charge in [-0.15, -0.1) is 0 Å². The Labute approximate surface area is 205 Å². The van der Waals surface area contributed by atoms with Crippen LogP contribution in [0, 0.1) is 5.92 Å². The standard InChI is InChI=1S/C27H31N7O/c1-3-32(4-2)26(35)20-12-11-17-33(18-20)27-30-24(29-21-13-7-5-8-14-21)23-25(31-27)34(19-28-23)22-15-9-6-10-16-22/h5-10,13-16,19-20H,3-4,11-12,17-18H2,1-2H3,(H,29,30,31). The molecule has 3 heterocycles. The Hall–Kier alpha value is -3.94. The highest BCUT2D eigenvalue weighted by molar-refractivity contribution is 5.88. The molecule has 0 saturated carbocycles. The number of imidazole rings is 1. The Kier molecular flexibility index (Phi) is 6.61. The van der Waals surface area contributed by atoms with Crippen molar-refractivity contribution in [1.82, 2.24) is 24.4 Å². The second kappa shape index (κ2) is 10.1. The van der Waals surface area contributed by atoms with Crippen LogP contribution in [0.5, 0.6) is 0 Å². The summed E-state index contributed by atoms with van der Waals surface area (Å²) in [6.07, 6.45) is 3.61. The van der Waals surface area contributed by atoms with Gasteiger partial charge in [-0.2, -0.15) is 9.97 Å². The van der Waals surface area contributed by atoms with Gasteiger partial charge in [-0.3, -0.25) is 9.36 Å². The molecule has 1 aliphatic rings. The highest BCUT2D eigenvalue weighted by Crippen LogP contribution is 2.29. The second-order valence-electron chi connectivity index (χ2n) is 8.78. The van der Waals surface area contributed by atoms with Gasteiger partial charge in [0.2, 0.25) is 11.9 Å². The van der Waals surface area contributed by atoms with Crippen molar-refractivity contribution in [3.63, 3.8) is 0 Å². The van der Waals surface area contributed by atoms with E-state index in [0.717, 1.165) is 49.5 Å². The summed E-state index contributed by atoms with van der Waals surface area (Å²) in [5.41, 5.74) is 3.35. The maximum Gasteiger partial charge on any atom is 0.229 e. The van der Waals surface area contributed by atoms with Crippen LogP contribution in [0.1, 0.15) is 26.7 Å². The smallest absolute Gasteiger partial charge is 0.229 e. The third kappa shape index (κ3) is 4.69. The van der Waals surface area contributed by atoms with Crippen molar-refractivity contribution in [3.8, 4) is 5.69 Å². The zero-order valence-electron chi connectivity index (χ0n) is 20.3. The lowest BCUT2D eigenvalue weighted by Crippen LogP contribution is -2.45. The van der Waals surface area contributed by atoms with E-state index in [2.05, 4.69) is 15.2 Å². The largest absolute Gasteiger partial charge is 0.343 e. The van der Waals surface area contributed by atoms with Crippen LogP contribution in [-0.4, -0.2) is 56.5 Å². The van der Waals surface area contributed by atoms with Crippen LogP contribution in [0.25, 0.3) is 16.9 Å². The van der Waals surface area contributed by atoms with Gasteiger partial charge in [0, 0.05) is 37.6 Å². The minimum Gasteiger partial charge on any atom is -0.343 e. The van der Waals surface area contributed by atoms with Gasteiger partial charge in [-0.05, 0) is 51.0 Å². The van der Waals surface area contributed by atoms with Crippen molar-refractivity contribution in [1.29, 1.82) is 0 Å². The first-order valence-corrected chi connectivity index (χ1v) is 12.3. The van der Waals surface area contributed by atoms with E-state index in [1.54, 1.807) is 6.33 Å². The van der Waals surface area contributed by atoms with Gasteiger partial charge in [-0.25, -0.2) is 4.98 Å². The first-order valence-electron chi connectivity index (χ1n) is 12.3. The minimum absolute atomic E-state index is 0.0486. The van der Waals surface area contributed by atoms with Crippen LogP contribution >= 0.6 is 0 Å². The van der Waals surface area contributed by atoms with E-state index in [4.69, 9.17) is 9.97 Å². The number of hydrogen-bond acceptors (Lipinski definition) is 6. The van der Waals surface area contributed by atoms with Gasteiger partial charge in [0.05, 0.1) is 5.92 Å². The quantitative estimate of drug-likeness (QED) is 0.425. The fourth-order valence-electron chi connectivity index (χ4n) is 4.71. The van der Waals surface area contributed by atoms with Crippen molar-refractivity contribution >= 4 is 34.5 Å². The van der Waals surface area contributed by atoms with Crippen LogP contribution < -0.4 is 10.2 Å². The molecule has 0 spiro atoms. The lowest BCUT2D eigenvalue weighted by molar-refractivity contribution is -0.135. The van der Waals surface area contributed by atoms with E-state index in [-0.39, 0.29) is 11.8 Å². The van der Waals surface area contributed by atoms with E-state index in [9.17, 15) is 4.79 Å². The fraction of sp³-hybridized carbons (Fsp3) is 0.333. The third-order valence-electron chi connectivity index (χ3n) is 6.58. The summed E-state index contributed by atoms with van der Waals surface area (Å²) in [6, 6.07) is 20.0. The van der Waals surface area contributed by atoms with Crippen LogP contribution in [0.2, 0.25) is 0 Å². The molecular weight excluding hydrogens is 438 g/mol. The number of nitrogens with one attached hydrogen (secondary N) is 1. The van der Waals surface area contributed by atoms with Crippen molar-refractivity contribution in [2.45, 2.75) is 26.7 Å². The molecule has 2 aromatic carbocycles. The van der Waals surface area contributed by atoms with Gasteiger partial charge >= 0.3 is 0 Å². The Morgan fingerprint density at radius 2 is 1.74 bits per heavy atom. The van der Waals surface area contributed by atoms with Gasteiger partial charge in [0.25, 0.3) is 0 Å². The molecule has 0 bridgehead atoms. The summed E-state index contributed by atoms with van der Waals surface area (Å²) in [7, 11) is 0. The van der Waals surface area contributed by atoms with Gasteiger partial charge in [-0.1, -0.05) is 36.4 Å². The molecular formula is C27H31N7O. The number of hydrogen-bond donors (Lipinski definition) is 1. The lowest BCUT2D eigenvalue weighted by Gasteiger charge is -2.34. The van der Waals surface area contributed by atoms with E-state index < -0.39 is 0 Å². The molecule has 1 aliphatic heterocycles. The molecule has 5 rings (SSSR count). The number of amides is 1. The molecule has 180 valence electrons. The number of benzene rings is 2. The van der Waals surface area contributed by atoms with Crippen molar-refractivity contribution < 1.29 is 4.79 Å². The van der Waals surface area contributed by atoms with Crippen LogP contribution in [-0.2, 0) is 4.79 Å². The number of carbonyl (C=O) groups is 1. The topological polar surface area (TPSA) is 79.2 Å². The van der Waals surface area contributed by atoms with Crippen LogP contribution in [0.4, 0.5) is 17.5 Å². The van der Waals surface area contributed by atoms with E-state index >= 15 is 0 Å². The lowest BCUT2D eigenvalue weighted by atomic mass is 9.96. The summed E-state index contributed by atoms with van der Waals surface area (Å²) in [5, 5.41) is 3.43. The SMILES string of the molecule is CCN(CC)C(=O)C1CCCN(c2nc(Nc3ccccc3)c3ncn(-c4ccccc4)c3n2)C1. The van der Waals surface area contributed by atoms with Gasteiger partial charge < -0.3 is 15.1 Å². The normalized spacial score (nSPS) is 15.8. The number of rotatable bonds is 7. The second-order valence-corrected chi connectivity index (χ2v) is 8.78. The zero-order chi connectivity index (χ0) is 24.2. The zero-order valence-corrected chi connectivity index (χ0v) is 20.3. The Balaban J connectivity index is 1.55.